The highest BCUT2D eigenvalue weighted by Crippen LogP contribution is 2.33. The summed E-state index contributed by atoms with van der Waals surface area (Å²) >= 11 is 0. The zero-order chi connectivity index (χ0) is 26.4. The van der Waals surface area contributed by atoms with E-state index in [2.05, 4.69) is 64.9 Å². The number of hydrogen-bond acceptors (Lipinski definition) is 6. The van der Waals surface area contributed by atoms with Crippen molar-refractivity contribution in [2.75, 3.05) is 26.4 Å². The molecule has 0 saturated heterocycles. The zero-order valence-electron chi connectivity index (χ0n) is 22.5. The molecule has 202 valence electrons. The van der Waals surface area contributed by atoms with E-state index in [1.54, 1.807) is 0 Å². The van der Waals surface area contributed by atoms with E-state index in [1.807, 2.05) is 24.4 Å². The SMILES string of the molecule is CCCCn1c(CN(Cc2ccc3c(c2)OCCO3)Cc2ccc3c(c2)OCCO3)cnc1-c1ccccc1. The Morgan fingerprint density at radius 3 is 1.90 bits per heavy atom. The van der Waals surface area contributed by atoms with Crippen LogP contribution in [0.4, 0.5) is 0 Å². The standard InChI is InChI=1S/C32H35N3O4/c1-2-3-13-35-27(20-33-32(35)26-7-5-4-6-8-26)23-34(21-24-9-11-28-30(18-24)38-16-14-36-28)22-25-10-12-29-31(19-25)39-17-15-37-29/h4-12,18-20H,2-3,13-17,21-23H2,1H3. The predicted molar refractivity (Wildman–Crippen MR) is 150 cm³/mol. The second kappa shape index (κ2) is 11.8. The minimum Gasteiger partial charge on any atom is -0.486 e. The molecule has 7 heteroatoms. The van der Waals surface area contributed by atoms with Gasteiger partial charge in [0, 0.05) is 31.7 Å². The maximum Gasteiger partial charge on any atom is 0.161 e. The minimum atomic E-state index is 0.580. The third-order valence-corrected chi connectivity index (χ3v) is 7.12. The van der Waals surface area contributed by atoms with Gasteiger partial charge in [-0.3, -0.25) is 4.90 Å². The average Bonchev–Trinajstić information content (AvgIpc) is 3.38. The summed E-state index contributed by atoms with van der Waals surface area (Å²) in [5, 5.41) is 0. The van der Waals surface area contributed by atoms with Gasteiger partial charge in [-0.1, -0.05) is 55.8 Å². The van der Waals surface area contributed by atoms with Crippen LogP contribution in [-0.2, 0) is 26.2 Å². The lowest BCUT2D eigenvalue weighted by molar-refractivity contribution is 0.170. The highest BCUT2D eigenvalue weighted by molar-refractivity contribution is 5.56. The van der Waals surface area contributed by atoms with Crippen LogP contribution >= 0.6 is 0 Å². The monoisotopic (exact) mass is 525 g/mol. The van der Waals surface area contributed by atoms with E-state index in [9.17, 15) is 0 Å². The van der Waals surface area contributed by atoms with Crippen molar-refractivity contribution < 1.29 is 18.9 Å². The van der Waals surface area contributed by atoms with Crippen LogP contribution in [0.25, 0.3) is 11.4 Å². The van der Waals surface area contributed by atoms with E-state index in [0.717, 1.165) is 73.4 Å². The van der Waals surface area contributed by atoms with Crippen molar-refractivity contribution in [1.29, 1.82) is 0 Å². The highest BCUT2D eigenvalue weighted by Gasteiger charge is 2.19. The second-order valence-electron chi connectivity index (χ2n) is 10.0. The highest BCUT2D eigenvalue weighted by atomic mass is 16.6. The van der Waals surface area contributed by atoms with Crippen molar-refractivity contribution in [1.82, 2.24) is 14.5 Å². The third-order valence-electron chi connectivity index (χ3n) is 7.12. The summed E-state index contributed by atoms with van der Waals surface area (Å²) in [7, 11) is 0. The van der Waals surface area contributed by atoms with Gasteiger partial charge >= 0.3 is 0 Å². The topological polar surface area (TPSA) is 58.0 Å². The van der Waals surface area contributed by atoms with E-state index >= 15 is 0 Å². The molecule has 0 bridgehead atoms. The molecule has 0 saturated carbocycles. The lowest BCUT2D eigenvalue weighted by atomic mass is 10.1. The number of hydrogen-bond donors (Lipinski definition) is 0. The Balaban J connectivity index is 1.31. The summed E-state index contributed by atoms with van der Waals surface area (Å²) in [5.41, 5.74) is 4.71. The molecular formula is C32H35N3O4. The largest absolute Gasteiger partial charge is 0.486 e. The first-order chi connectivity index (χ1) is 19.3. The summed E-state index contributed by atoms with van der Waals surface area (Å²) in [6, 6.07) is 23.0. The van der Waals surface area contributed by atoms with E-state index in [4.69, 9.17) is 23.9 Å². The fourth-order valence-corrected chi connectivity index (χ4v) is 5.21. The van der Waals surface area contributed by atoms with E-state index in [1.165, 1.54) is 16.8 Å². The molecule has 0 amide bonds. The average molecular weight is 526 g/mol. The minimum absolute atomic E-state index is 0.580. The lowest BCUT2D eigenvalue weighted by Gasteiger charge is -2.26. The van der Waals surface area contributed by atoms with Gasteiger partial charge in [-0.05, 0) is 41.8 Å². The molecule has 39 heavy (non-hydrogen) atoms. The molecule has 1 aromatic heterocycles. The number of benzene rings is 3. The van der Waals surface area contributed by atoms with Crippen LogP contribution in [0.2, 0.25) is 0 Å². The smallest absolute Gasteiger partial charge is 0.161 e. The molecule has 2 aliphatic heterocycles. The molecule has 4 aromatic rings. The van der Waals surface area contributed by atoms with Crippen molar-refractivity contribution >= 4 is 0 Å². The Kier molecular flexibility index (Phi) is 7.68. The first kappa shape index (κ1) is 25.3. The van der Waals surface area contributed by atoms with Gasteiger partial charge < -0.3 is 23.5 Å². The van der Waals surface area contributed by atoms with Crippen molar-refractivity contribution in [3.8, 4) is 34.4 Å². The Labute approximate surface area is 229 Å². The molecule has 6 rings (SSSR count). The predicted octanol–water partition coefficient (Wildman–Crippen LogP) is 6.10. The number of imidazole rings is 1. The van der Waals surface area contributed by atoms with Crippen molar-refractivity contribution in [2.45, 2.75) is 45.9 Å². The van der Waals surface area contributed by atoms with E-state index in [-0.39, 0.29) is 0 Å². The van der Waals surface area contributed by atoms with Gasteiger partial charge in [0.2, 0.25) is 0 Å². The maximum absolute atomic E-state index is 5.87. The van der Waals surface area contributed by atoms with Gasteiger partial charge in [0.15, 0.2) is 23.0 Å². The Morgan fingerprint density at radius 2 is 1.31 bits per heavy atom. The number of unbranched alkanes of at least 4 members (excludes halogenated alkanes) is 1. The summed E-state index contributed by atoms with van der Waals surface area (Å²) in [5.74, 6) is 4.29. The van der Waals surface area contributed by atoms with Crippen molar-refractivity contribution in [3.63, 3.8) is 0 Å². The molecule has 0 fully saturated rings. The van der Waals surface area contributed by atoms with Crippen LogP contribution < -0.4 is 18.9 Å². The van der Waals surface area contributed by atoms with Crippen LogP contribution in [-0.4, -0.2) is 40.9 Å². The molecule has 0 atom stereocenters. The Bertz CT molecular complexity index is 1340. The van der Waals surface area contributed by atoms with Crippen LogP contribution in [0.3, 0.4) is 0 Å². The second-order valence-corrected chi connectivity index (χ2v) is 10.0. The molecule has 0 radical (unpaired) electrons. The van der Waals surface area contributed by atoms with Gasteiger partial charge in [0.1, 0.15) is 32.3 Å². The number of rotatable bonds is 10. The van der Waals surface area contributed by atoms with Crippen LogP contribution in [0.1, 0.15) is 36.6 Å². The normalized spacial score (nSPS) is 14.0. The number of ether oxygens (including phenoxy) is 4. The number of aromatic nitrogens is 2. The zero-order valence-corrected chi connectivity index (χ0v) is 22.5. The molecule has 3 heterocycles. The van der Waals surface area contributed by atoms with Gasteiger partial charge in [-0.15, -0.1) is 0 Å². The van der Waals surface area contributed by atoms with Gasteiger partial charge in [-0.25, -0.2) is 4.98 Å². The summed E-state index contributed by atoms with van der Waals surface area (Å²) in [4.78, 5) is 7.33. The number of nitrogens with zero attached hydrogens (tertiary/aromatic N) is 3. The fraction of sp³-hybridized carbons (Fsp3) is 0.344. The summed E-state index contributed by atoms with van der Waals surface area (Å²) in [6.45, 7) is 7.78. The molecule has 2 aliphatic rings. The maximum atomic E-state index is 5.87. The van der Waals surface area contributed by atoms with Crippen molar-refractivity contribution in [2.24, 2.45) is 0 Å². The quantitative estimate of drug-likeness (QED) is 0.250. The first-order valence-electron chi connectivity index (χ1n) is 13.9. The van der Waals surface area contributed by atoms with Gasteiger partial charge in [-0.2, -0.15) is 0 Å². The molecular weight excluding hydrogens is 490 g/mol. The van der Waals surface area contributed by atoms with Gasteiger partial charge in [0.25, 0.3) is 0 Å². The van der Waals surface area contributed by atoms with Crippen LogP contribution in [0.15, 0.2) is 72.9 Å². The van der Waals surface area contributed by atoms with Crippen LogP contribution in [0, 0.1) is 0 Å². The Morgan fingerprint density at radius 1 is 0.718 bits per heavy atom. The number of fused-ring (bicyclic) bond motifs is 2. The molecule has 0 unspecified atom stereocenters. The Hall–Kier alpha value is -3.97. The molecule has 7 nitrogen and oxygen atoms in total. The van der Waals surface area contributed by atoms with E-state index in [0.29, 0.717) is 26.4 Å². The summed E-state index contributed by atoms with van der Waals surface area (Å²) < 4.78 is 25.6. The van der Waals surface area contributed by atoms with Crippen LogP contribution in [0.5, 0.6) is 23.0 Å². The lowest BCUT2D eigenvalue weighted by Crippen LogP contribution is -2.25. The first-order valence-corrected chi connectivity index (χ1v) is 13.9. The van der Waals surface area contributed by atoms with Crippen molar-refractivity contribution in [3.05, 3.63) is 89.7 Å². The van der Waals surface area contributed by atoms with Gasteiger partial charge in [0.05, 0.1) is 11.9 Å². The molecule has 0 spiro atoms. The molecule has 0 N–H and O–H groups in total. The molecule has 3 aromatic carbocycles. The third kappa shape index (κ3) is 5.88. The fourth-order valence-electron chi connectivity index (χ4n) is 5.21. The molecule has 0 aliphatic carbocycles. The van der Waals surface area contributed by atoms with E-state index < -0.39 is 0 Å². The summed E-state index contributed by atoms with van der Waals surface area (Å²) in [6.07, 6.45) is 4.27.